The van der Waals surface area contributed by atoms with Crippen molar-refractivity contribution in [2.75, 3.05) is 26.2 Å². The van der Waals surface area contributed by atoms with Crippen LogP contribution >= 0.6 is 0 Å². The first kappa shape index (κ1) is 18.1. The van der Waals surface area contributed by atoms with Crippen molar-refractivity contribution in [1.82, 2.24) is 14.2 Å². The van der Waals surface area contributed by atoms with Gasteiger partial charge >= 0.3 is 6.18 Å². The van der Waals surface area contributed by atoms with Crippen LogP contribution in [0.1, 0.15) is 6.92 Å². The summed E-state index contributed by atoms with van der Waals surface area (Å²) in [6.07, 6.45) is -1.22. The van der Waals surface area contributed by atoms with Crippen LogP contribution < -0.4 is 0 Å². The maximum atomic E-state index is 12.9. The van der Waals surface area contributed by atoms with E-state index in [0.717, 1.165) is 6.92 Å². The zero-order valence-electron chi connectivity index (χ0n) is 13.6. The summed E-state index contributed by atoms with van der Waals surface area (Å²) in [5.41, 5.74) is 0. The molecule has 9 heteroatoms. The molecule has 0 radical (unpaired) electrons. The molecule has 1 aliphatic rings. The Kier molecular flexibility index (Phi) is 4.74. The summed E-state index contributed by atoms with van der Waals surface area (Å²) in [5, 5.41) is 1.26. The third-order valence-corrected chi connectivity index (χ3v) is 6.51. The Balaban J connectivity index is 1.83. The number of benzene rings is 1. The number of nitrogens with zero attached hydrogens (tertiary/aromatic N) is 3. The Labute approximate surface area is 144 Å². The Bertz CT molecular complexity index is 857. The molecule has 0 amide bonds. The molecule has 136 valence electrons. The van der Waals surface area contributed by atoms with E-state index in [9.17, 15) is 21.6 Å². The minimum atomic E-state index is -4.32. The molecule has 0 spiro atoms. The highest BCUT2D eigenvalue weighted by atomic mass is 32.2. The number of hydrogen-bond acceptors (Lipinski definition) is 4. The predicted octanol–water partition coefficient (Wildman–Crippen LogP) is 2.49. The second-order valence-corrected chi connectivity index (χ2v) is 7.92. The van der Waals surface area contributed by atoms with Gasteiger partial charge in [-0.2, -0.15) is 17.5 Å². The van der Waals surface area contributed by atoms with Gasteiger partial charge in [0.15, 0.2) is 0 Å². The molecule has 5 nitrogen and oxygen atoms in total. The summed E-state index contributed by atoms with van der Waals surface area (Å²) in [6.45, 7) is 1.26. The lowest BCUT2D eigenvalue weighted by Crippen LogP contribution is -2.54. The van der Waals surface area contributed by atoms with Gasteiger partial charge in [0.25, 0.3) is 0 Å². The van der Waals surface area contributed by atoms with E-state index in [1.165, 1.54) is 21.5 Å². The van der Waals surface area contributed by atoms with Crippen molar-refractivity contribution in [3.63, 3.8) is 0 Å². The van der Waals surface area contributed by atoms with Crippen LogP contribution in [0.2, 0.25) is 0 Å². The Morgan fingerprint density at radius 2 is 1.80 bits per heavy atom. The van der Waals surface area contributed by atoms with Gasteiger partial charge in [-0.15, -0.1) is 0 Å². The lowest BCUT2D eigenvalue weighted by molar-refractivity contribution is -0.181. The van der Waals surface area contributed by atoms with Gasteiger partial charge in [-0.05, 0) is 19.1 Å². The van der Waals surface area contributed by atoms with Crippen LogP contribution in [0.4, 0.5) is 13.2 Å². The summed E-state index contributed by atoms with van der Waals surface area (Å²) in [7, 11) is -3.78. The van der Waals surface area contributed by atoms with Gasteiger partial charge in [0.1, 0.15) is 6.04 Å². The largest absolute Gasteiger partial charge is 0.403 e. The normalized spacial score (nSPS) is 19.2. The molecular formula is C16H18F3N3O2S. The van der Waals surface area contributed by atoms with Crippen molar-refractivity contribution >= 4 is 20.8 Å². The van der Waals surface area contributed by atoms with Gasteiger partial charge in [-0.1, -0.05) is 12.1 Å². The Morgan fingerprint density at radius 1 is 1.12 bits per heavy atom. The third kappa shape index (κ3) is 3.49. The van der Waals surface area contributed by atoms with Gasteiger partial charge < -0.3 is 0 Å². The summed E-state index contributed by atoms with van der Waals surface area (Å²) < 4.78 is 65.6. The van der Waals surface area contributed by atoms with Crippen LogP contribution in [-0.4, -0.2) is 61.0 Å². The molecule has 0 unspecified atom stereocenters. The number of halogens is 3. The highest BCUT2D eigenvalue weighted by Crippen LogP contribution is 2.28. The molecule has 1 saturated heterocycles. The van der Waals surface area contributed by atoms with Crippen LogP contribution in [0.5, 0.6) is 0 Å². The Hall–Kier alpha value is -1.71. The maximum Gasteiger partial charge on any atom is 0.403 e. The van der Waals surface area contributed by atoms with Gasteiger partial charge in [-0.3, -0.25) is 9.88 Å². The highest BCUT2D eigenvalue weighted by molar-refractivity contribution is 7.89. The number of pyridine rings is 1. The standard InChI is InChI=1S/C16H18F3N3O2S/c1-12(16(17,18)19)21-7-9-22(10-8-21)25(23,24)15-4-2-3-13-11-20-6-5-14(13)15/h2-6,11-12H,7-10H2,1H3/t12-/m0/s1. The minimum absolute atomic E-state index is 0.0320. The number of sulfonamides is 1. The van der Waals surface area contributed by atoms with Gasteiger partial charge in [-0.25, -0.2) is 8.42 Å². The molecular weight excluding hydrogens is 355 g/mol. The van der Waals surface area contributed by atoms with Gasteiger partial charge in [0, 0.05) is 49.3 Å². The molecule has 1 atom stereocenters. The maximum absolute atomic E-state index is 12.9. The van der Waals surface area contributed by atoms with E-state index in [4.69, 9.17) is 0 Å². The smallest absolute Gasteiger partial charge is 0.290 e. The Morgan fingerprint density at radius 3 is 2.44 bits per heavy atom. The number of rotatable bonds is 3. The number of aromatic nitrogens is 1. The van der Waals surface area contributed by atoms with Crippen molar-refractivity contribution in [2.24, 2.45) is 0 Å². The first-order valence-electron chi connectivity index (χ1n) is 7.85. The molecule has 1 aromatic carbocycles. The average Bonchev–Trinajstić information content (AvgIpc) is 2.60. The third-order valence-electron chi connectivity index (χ3n) is 4.55. The lowest BCUT2D eigenvalue weighted by atomic mass is 10.2. The summed E-state index contributed by atoms with van der Waals surface area (Å²) in [6, 6.07) is 4.97. The highest BCUT2D eigenvalue weighted by Gasteiger charge is 2.42. The van der Waals surface area contributed by atoms with Gasteiger partial charge in [0.05, 0.1) is 4.90 Å². The molecule has 25 heavy (non-hydrogen) atoms. The van der Waals surface area contributed by atoms with Crippen molar-refractivity contribution in [3.05, 3.63) is 36.7 Å². The first-order chi connectivity index (χ1) is 11.7. The molecule has 1 fully saturated rings. The van der Waals surface area contributed by atoms with Crippen molar-refractivity contribution < 1.29 is 21.6 Å². The molecule has 0 N–H and O–H groups in total. The van der Waals surface area contributed by atoms with E-state index in [0.29, 0.717) is 10.8 Å². The molecule has 2 aromatic rings. The molecule has 0 saturated carbocycles. The van der Waals surface area contributed by atoms with Crippen molar-refractivity contribution in [1.29, 1.82) is 0 Å². The topological polar surface area (TPSA) is 53.5 Å². The second-order valence-electron chi connectivity index (χ2n) is 6.01. The van der Waals surface area contributed by atoms with E-state index >= 15 is 0 Å². The fraction of sp³-hybridized carbons (Fsp3) is 0.438. The molecule has 1 aromatic heterocycles. The molecule has 1 aliphatic heterocycles. The van der Waals surface area contributed by atoms with Crippen molar-refractivity contribution in [3.8, 4) is 0 Å². The molecule has 3 rings (SSSR count). The van der Waals surface area contributed by atoms with E-state index in [1.807, 2.05) is 0 Å². The quantitative estimate of drug-likeness (QED) is 0.830. The monoisotopic (exact) mass is 373 g/mol. The summed E-state index contributed by atoms with van der Waals surface area (Å²) >= 11 is 0. The van der Waals surface area contributed by atoms with Crippen LogP contribution in [-0.2, 0) is 10.0 Å². The van der Waals surface area contributed by atoms with E-state index in [1.54, 1.807) is 24.4 Å². The number of piperazine rings is 1. The number of fused-ring (bicyclic) bond motifs is 1. The van der Waals surface area contributed by atoms with E-state index in [2.05, 4.69) is 4.98 Å². The average molecular weight is 373 g/mol. The predicted molar refractivity (Wildman–Crippen MR) is 87.6 cm³/mol. The SMILES string of the molecule is C[C@H](N1CCN(S(=O)(=O)c2cccc3cnccc23)CC1)C(F)(F)F. The fourth-order valence-corrected chi connectivity index (χ4v) is 4.63. The zero-order valence-corrected chi connectivity index (χ0v) is 14.4. The number of hydrogen-bond donors (Lipinski definition) is 0. The van der Waals surface area contributed by atoms with Crippen molar-refractivity contribution in [2.45, 2.75) is 24.0 Å². The van der Waals surface area contributed by atoms with Crippen LogP contribution in [0.15, 0.2) is 41.6 Å². The van der Waals surface area contributed by atoms with E-state index in [-0.39, 0.29) is 31.1 Å². The fourth-order valence-electron chi connectivity index (χ4n) is 3.00. The van der Waals surface area contributed by atoms with Gasteiger partial charge in [0.2, 0.25) is 10.0 Å². The molecule has 0 bridgehead atoms. The summed E-state index contributed by atoms with van der Waals surface area (Å²) in [5.74, 6) is 0. The van der Waals surface area contributed by atoms with E-state index < -0.39 is 22.2 Å². The zero-order chi connectivity index (χ0) is 18.2. The van der Waals surface area contributed by atoms with Crippen LogP contribution in [0, 0.1) is 0 Å². The van der Waals surface area contributed by atoms with Crippen LogP contribution in [0.25, 0.3) is 10.8 Å². The number of alkyl halides is 3. The molecule has 2 heterocycles. The second kappa shape index (κ2) is 6.54. The first-order valence-corrected chi connectivity index (χ1v) is 9.29. The summed E-state index contributed by atoms with van der Waals surface area (Å²) in [4.78, 5) is 5.40. The lowest BCUT2D eigenvalue weighted by Gasteiger charge is -2.38. The molecule has 0 aliphatic carbocycles. The minimum Gasteiger partial charge on any atom is -0.290 e. The van der Waals surface area contributed by atoms with Crippen LogP contribution in [0.3, 0.4) is 0 Å².